The van der Waals surface area contributed by atoms with E-state index < -0.39 is 0 Å². The molecule has 0 saturated carbocycles. The van der Waals surface area contributed by atoms with Crippen LogP contribution in [-0.2, 0) is 7.05 Å². The quantitative estimate of drug-likeness (QED) is 0.342. The van der Waals surface area contributed by atoms with Gasteiger partial charge in [-0.2, -0.15) is 0 Å². The molecule has 0 atom stereocenters. The van der Waals surface area contributed by atoms with E-state index >= 15 is 0 Å². The lowest BCUT2D eigenvalue weighted by Gasteiger charge is -2.12. The van der Waals surface area contributed by atoms with Crippen molar-refractivity contribution >= 4 is 22.5 Å². The highest BCUT2D eigenvalue weighted by molar-refractivity contribution is 6.30. The molecule has 3 aromatic carbocycles. The van der Waals surface area contributed by atoms with Gasteiger partial charge in [-0.15, -0.1) is 0 Å². The van der Waals surface area contributed by atoms with Gasteiger partial charge in [0.1, 0.15) is 5.75 Å². The first-order chi connectivity index (χ1) is 15.6. The molecule has 2 aromatic heterocycles. The molecule has 0 N–H and O–H groups in total. The molecule has 0 amide bonds. The zero-order valence-electron chi connectivity index (χ0n) is 17.8. The molecule has 5 rings (SSSR count). The van der Waals surface area contributed by atoms with E-state index in [1.807, 2.05) is 104 Å². The number of rotatable bonds is 5. The fraction of sp³-hybridized carbons (Fsp3) is 0.115. The molecule has 0 fully saturated rings. The molecule has 2 heterocycles. The molecule has 0 saturated heterocycles. The summed E-state index contributed by atoms with van der Waals surface area (Å²) in [7, 11) is 1.91. The Hall–Kier alpha value is -3.70. The van der Waals surface area contributed by atoms with Crippen LogP contribution >= 0.6 is 11.6 Å². The summed E-state index contributed by atoms with van der Waals surface area (Å²) in [5, 5.41) is 1.31. The minimum atomic E-state index is -0.0664. The number of aryl methyl sites for hydroxylation is 1. The van der Waals surface area contributed by atoms with Gasteiger partial charge >= 0.3 is 0 Å². The molecule has 5 nitrogen and oxygen atoms in total. The van der Waals surface area contributed by atoms with Crippen LogP contribution in [0.25, 0.3) is 33.5 Å². The smallest absolute Gasteiger partial charge is 0.281 e. The summed E-state index contributed by atoms with van der Waals surface area (Å²) in [4.78, 5) is 13.7. The summed E-state index contributed by atoms with van der Waals surface area (Å²) >= 11 is 6.15. The van der Waals surface area contributed by atoms with E-state index in [1.54, 1.807) is 4.68 Å². The van der Waals surface area contributed by atoms with Gasteiger partial charge in [0.15, 0.2) is 0 Å². The maximum absolute atomic E-state index is 13.7. The fourth-order valence-corrected chi connectivity index (χ4v) is 4.25. The lowest BCUT2D eigenvalue weighted by atomic mass is 10.1. The van der Waals surface area contributed by atoms with Crippen LogP contribution < -0.4 is 10.3 Å². The van der Waals surface area contributed by atoms with Crippen molar-refractivity contribution in [2.45, 2.75) is 6.92 Å². The van der Waals surface area contributed by atoms with Crippen molar-refractivity contribution in [1.82, 2.24) is 13.9 Å². The molecule has 160 valence electrons. The Labute approximate surface area is 190 Å². The maximum atomic E-state index is 13.7. The van der Waals surface area contributed by atoms with Crippen LogP contribution in [0.1, 0.15) is 6.92 Å². The first-order valence-electron chi connectivity index (χ1n) is 10.5. The highest BCUT2D eigenvalue weighted by Crippen LogP contribution is 2.33. The standard InChI is InChI=1S/C26H22ClN3O2/c1-3-32-22-15-13-20(14-16-22)29-17-23-24(25(29)18-9-11-19(27)12-10-18)26(31)30(28(23)2)21-7-5-4-6-8-21/h4-17H,3H2,1-2H3. The molecule has 0 aliphatic carbocycles. The second-order valence-electron chi connectivity index (χ2n) is 7.52. The summed E-state index contributed by atoms with van der Waals surface area (Å²) in [6.45, 7) is 2.57. The molecular formula is C26H22ClN3O2. The van der Waals surface area contributed by atoms with Crippen LogP contribution in [0.5, 0.6) is 5.75 Å². The van der Waals surface area contributed by atoms with Crippen LogP contribution in [0.3, 0.4) is 0 Å². The van der Waals surface area contributed by atoms with Gasteiger partial charge in [0.2, 0.25) is 0 Å². The molecule has 6 heteroatoms. The third-order valence-electron chi connectivity index (χ3n) is 5.58. The number of hydrogen-bond acceptors (Lipinski definition) is 2. The third kappa shape index (κ3) is 3.31. The predicted octanol–water partition coefficient (Wildman–Crippen LogP) is 5.84. The van der Waals surface area contributed by atoms with E-state index in [0.29, 0.717) is 17.0 Å². The van der Waals surface area contributed by atoms with Gasteiger partial charge in [0.25, 0.3) is 5.56 Å². The highest BCUT2D eigenvalue weighted by Gasteiger charge is 2.22. The Morgan fingerprint density at radius 2 is 1.56 bits per heavy atom. The second-order valence-corrected chi connectivity index (χ2v) is 7.95. The second kappa shape index (κ2) is 8.09. The number of nitrogens with zero attached hydrogens (tertiary/aromatic N) is 3. The lowest BCUT2D eigenvalue weighted by molar-refractivity contribution is 0.340. The van der Waals surface area contributed by atoms with Crippen LogP contribution in [-0.4, -0.2) is 20.5 Å². The number of hydrogen-bond donors (Lipinski definition) is 0. The molecular weight excluding hydrogens is 422 g/mol. The Morgan fingerprint density at radius 3 is 2.22 bits per heavy atom. The number of benzene rings is 3. The summed E-state index contributed by atoms with van der Waals surface area (Å²) in [6.07, 6.45) is 2.01. The van der Waals surface area contributed by atoms with Crippen LogP contribution in [0, 0.1) is 0 Å². The van der Waals surface area contributed by atoms with Crippen LogP contribution in [0.2, 0.25) is 5.02 Å². The van der Waals surface area contributed by atoms with Crippen LogP contribution in [0.15, 0.2) is 89.9 Å². The molecule has 0 aliphatic rings. The van der Waals surface area contributed by atoms with Gasteiger partial charge in [0.05, 0.1) is 28.9 Å². The maximum Gasteiger partial charge on any atom is 0.281 e. The summed E-state index contributed by atoms with van der Waals surface area (Å²) in [6, 6.07) is 25.1. The van der Waals surface area contributed by atoms with E-state index in [0.717, 1.165) is 33.9 Å². The number of halogens is 1. The SMILES string of the molecule is CCOc1ccc(-n2cc3c(c2-c2ccc(Cl)cc2)c(=O)n(-c2ccccc2)n3C)cc1. The summed E-state index contributed by atoms with van der Waals surface area (Å²) < 4.78 is 11.2. The average Bonchev–Trinajstić information content (AvgIpc) is 3.32. The van der Waals surface area contributed by atoms with Gasteiger partial charge < -0.3 is 9.30 Å². The summed E-state index contributed by atoms with van der Waals surface area (Å²) in [5.74, 6) is 0.812. The largest absolute Gasteiger partial charge is 0.494 e. The van der Waals surface area contributed by atoms with Gasteiger partial charge in [-0.1, -0.05) is 41.9 Å². The molecule has 0 bridgehead atoms. The van der Waals surface area contributed by atoms with Crippen LogP contribution in [0.4, 0.5) is 0 Å². The molecule has 0 unspecified atom stereocenters. The molecule has 32 heavy (non-hydrogen) atoms. The molecule has 0 aliphatic heterocycles. The van der Waals surface area contributed by atoms with Crippen molar-refractivity contribution in [3.63, 3.8) is 0 Å². The number of fused-ring (bicyclic) bond motifs is 1. The number of para-hydroxylation sites is 1. The van der Waals surface area contributed by atoms with Gasteiger partial charge in [-0.25, -0.2) is 4.68 Å². The van der Waals surface area contributed by atoms with Crippen molar-refractivity contribution < 1.29 is 4.74 Å². The van der Waals surface area contributed by atoms with E-state index in [1.165, 1.54) is 0 Å². The first-order valence-corrected chi connectivity index (χ1v) is 10.8. The van der Waals surface area contributed by atoms with Crippen molar-refractivity contribution in [1.29, 1.82) is 0 Å². The van der Waals surface area contributed by atoms with E-state index in [2.05, 4.69) is 4.57 Å². The van der Waals surface area contributed by atoms with Crippen molar-refractivity contribution in [3.8, 4) is 28.4 Å². The van der Waals surface area contributed by atoms with Gasteiger partial charge in [-0.05, 0) is 61.0 Å². The lowest BCUT2D eigenvalue weighted by Crippen LogP contribution is -2.20. The number of ether oxygens (including phenoxy) is 1. The van der Waals surface area contributed by atoms with Crippen molar-refractivity contribution in [3.05, 3.63) is 100 Å². The minimum absolute atomic E-state index is 0.0664. The van der Waals surface area contributed by atoms with E-state index in [4.69, 9.17) is 16.3 Å². The summed E-state index contributed by atoms with van der Waals surface area (Å²) in [5.41, 5.74) is 4.30. The van der Waals surface area contributed by atoms with Gasteiger partial charge in [-0.3, -0.25) is 9.48 Å². The topological polar surface area (TPSA) is 41.1 Å². The Morgan fingerprint density at radius 1 is 0.875 bits per heavy atom. The molecule has 5 aromatic rings. The van der Waals surface area contributed by atoms with Crippen molar-refractivity contribution in [2.24, 2.45) is 7.05 Å². The number of aromatic nitrogens is 3. The highest BCUT2D eigenvalue weighted by atomic mass is 35.5. The fourth-order valence-electron chi connectivity index (χ4n) is 4.12. The predicted molar refractivity (Wildman–Crippen MR) is 129 cm³/mol. The minimum Gasteiger partial charge on any atom is -0.494 e. The Kier molecular flexibility index (Phi) is 5.11. The van der Waals surface area contributed by atoms with E-state index in [-0.39, 0.29) is 5.56 Å². The zero-order chi connectivity index (χ0) is 22.2. The zero-order valence-corrected chi connectivity index (χ0v) is 18.6. The Balaban J connectivity index is 1.79. The normalized spacial score (nSPS) is 11.2. The average molecular weight is 444 g/mol. The monoisotopic (exact) mass is 443 g/mol. The molecule has 0 spiro atoms. The Bertz CT molecular complexity index is 1440. The third-order valence-corrected chi connectivity index (χ3v) is 5.84. The first kappa shape index (κ1) is 20.2. The van der Waals surface area contributed by atoms with Crippen molar-refractivity contribution in [2.75, 3.05) is 6.61 Å². The van der Waals surface area contributed by atoms with E-state index in [9.17, 15) is 4.79 Å². The van der Waals surface area contributed by atoms with Gasteiger partial charge in [0, 0.05) is 24.0 Å². The molecule has 0 radical (unpaired) electrons.